The summed E-state index contributed by atoms with van der Waals surface area (Å²) in [4.78, 5) is 22.4. The van der Waals surface area contributed by atoms with E-state index in [1.807, 2.05) is 32.9 Å². The van der Waals surface area contributed by atoms with Crippen molar-refractivity contribution in [3.05, 3.63) is 29.8 Å². The predicted molar refractivity (Wildman–Crippen MR) is 80.2 cm³/mol. The van der Waals surface area contributed by atoms with Crippen LogP contribution in [-0.4, -0.2) is 23.6 Å². The third-order valence-corrected chi connectivity index (χ3v) is 3.46. The minimum Gasteiger partial charge on any atom is -0.482 e. The Labute approximate surface area is 125 Å². The number of hydrogen-bond acceptors (Lipinski definition) is 3. The van der Waals surface area contributed by atoms with E-state index >= 15 is 0 Å². The van der Waals surface area contributed by atoms with E-state index in [0.717, 1.165) is 18.4 Å². The molecule has 0 aliphatic heterocycles. The summed E-state index contributed by atoms with van der Waals surface area (Å²) in [7, 11) is 0. The monoisotopic (exact) mass is 293 g/mol. The zero-order valence-electron chi connectivity index (χ0n) is 12.8. The lowest BCUT2D eigenvalue weighted by molar-refractivity contribution is -0.139. The van der Waals surface area contributed by atoms with Crippen LogP contribution in [0.5, 0.6) is 5.75 Å². The Balaban J connectivity index is 2.60. The second kappa shape index (κ2) is 8.29. The maximum Gasteiger partial charge on any atom is 0.341 e. The smallest absolute Gasteiger partial charge is 0.341 e. The van der Waals surface area contributed by atoms with Crippen LogP contribution in [0.1, 0.15) is 45.2 Å². The van der Waals surface area contributed by atoms with Gasteiger partial charge in [0.05, 0.1) is 6.04 Å². The molecular weight excluding hydrogens is 270 g/mol. The predicted octanol–water partition coefficient (Wildman–Crippen LogP) is 2.76. The van der Waals surface area contributed by atoms with Crippen LogP contribution >= 0.6 is 0 Å². The van der Waals surface area contributed by atoms with Gasteiger partial charge in [-0.2, -0.15) is 0 Å². The highest BCUT2D eigenvalue weighted by Crippen LogP contribution is 2.19. The molecule has 1 atom stereocenters. The van der Waals surface area contributed by atoms with Crippen LogP contribution in [0.25, 0.3) is 0 Å². The van der Waals surface area contributed by atoms with Crippen molar-refractivity contribution < 1.29 is 19.4 Å². The van der Waals surface area contributed by atoms with Gasteiger partial charge >= 0.3 is 5.97 Å². The van der Waals surface area contributed by atoms with Crippen molar-refractivity contribution in [2.24, 2.45) is 5.92 Å². The van der Waals surface area contributed by atoms with Crippen molar-refractivity contribution in [2.75, 3.05) is 6.61 Å². The summed E-state index contributed by atoms with van der Waals surface area (Å²) in [6.45, 7) is 5.58. The van der Waals surface area contributed by atoms with Gasteiger partial charge in [-0.05, 0) is 37.5 Å². The minimum absolute atomic E-state index is 0.0469. The number of nitrogens with one attached hydrogen (secondary N) is 1. The molecule has 2 N–H and O–H groups in total. The Morgan fingerprint density at radius 3 is 2.24 bits per heavy atom. The Morgan fingerprint density at radius 1 is 1.19 bits per heavy atom. The van der Waals surface area contributed by atoms with Crippen LogP contribution in [0.15, 0.2) is 24.3 Å². The second-order valence-electron chi connectivity index (χ2n) is 5.00. The highest BCUT2D eigenvalue weighted by atomic mass is 16.5. The molecule has 5 nitrogen and oxygen atoms in total. The molecule has 1 aromatic carbocycles. The van der Waals surface area contributed by atoms with Crippen molar-refractivity contribution in [2.45, 2.75) is 39.7 Å². The zero-order chi connectivity index (χ0) is 15.8. The maximum absolute atomic E-state index is 12.0. The van der Waals surface area contributed by atoms with Gasteiger partial charge in [0.15, 0.2) is 6.61 Å². The normalized spacial score (nSPS) is 12.0. The van der Waals surface area contributed by atoms with Crippen molar-refractivity contribution in [1.29, 1.82) is 0 Å². The molecule has 0 heterocycles. The highest BCUT2D eigenvalue weighted by molar-refractivity contribution is 5.79. The summed E-state index contributed by atoms with van der Waals surface area (Å²) < 4.78 is 5.07. The molecule has 0 saturated heterocycles. The van der Waals surface area contributed by atoms with Gasteiger partial charge in [-0.1, -0.05) is 26.0 Å². The molecule has 1 amide bonds. The highest BCUT2D eigenvalue weighted by Gasteiger charge is 2.17. The average molecular weight is 293 g/mol. The number of rotatable bonds is 8. The number of benzene rings is 1. The molecule has 21 heavy (non-hydrogen) atoms. The Hall–Kier alpha value is -2.04. The fourth-order valence-corrected chi connectivity index (χ4v) is 2.07. The summed E-state index contributed by atoms with van der Waals surface area (Å²) in [6.07, 6.45) is 1.66. The summed E-state index contributed by atoms with van der Waals surface area (Å²) in [5.74, 6) is -0.395. The molecule has 1 unspecified atom stereocenters. The topological polar surface area (TPSA) is 75.6 Å². The molecule has 0 bridgehead atoms. The molecule has 0 fully saturated rings. The number of ether oxygens (including phenoxy) is 1. The number of carbonyl (C=O) groups excluding carboxylic acids is 1. The maximum atomic E-state index is 12.0. The van der Waals surface area contributed by atoms with Crippen molar-refractivity contribution in [3.8, 4) is 5.75 Å². The van der Waals surface area contributed by atoms with Crippen LogP contribution < -0.4 is 10.1 Å². The zero-order valence-corrected chi connectivity index (χ0v) is 12.8. The number of aliphatic carboxylic acids is 1. The van der Waals surface area contributed by atoms with Crippen LogP contribution in [0.2, 0.25) is 0 Å². The molecule has 0 saturated carbocycles. The third kappa shape index (κ3) is 5.45. The third-order valence-electron chi connectivity index (χ3n) is 3.46. The standard InChI is InChI=1S/C16H23NO4/c1-4-12(5-2)16(20)17-11(3)13-6-8-14(9-7-13)21-10-15(18)19/h6-9,11-12H,4-5,10H2,1-3H3,(H,17,20)(H,18,19). The van der Waals surface area contributed by atoms with E-state index in [0.29, 0.717) is 5.75 Å². The van der Waals surface area contributed by atoms with Crippen LogP contribution in [-0.2, 0) is 9.59 Å². The number of carboxylic acids is 1. The summed E-state index contributed by atoms with van der Waals surface area (Å²) >= 11 is 0. The lowest BCUT2D eigenvalue weighted by atomic mass is 10.0. The van der Waals surface area contributed by atoms with E-state index in [1.165, 1.54) is 0 Å². The molecule has 116 valence electrons. The van der Waals surface area contributed by atoms with Gasteiger partial charge in [0.25, 0.3) is 0 Å². The molecule has 0 aliphatic carbocycles. The van der Waals surface area contributed by atoms with Gasteiger partial charge in [-0.3, -0.25) is 4.79 Å². The first-order chi connectivity index (χ1) is 9.97. The van der Waals surface area contributed by atoms with E-state index < -0.39 is 5.97 Å². The Kier molecular flexibility index (Phi) is 6.72. The van der Waals surface area contributed by atoms with Crippen molar-refractivity contribution in [1.82, 2.24) is 5.32 Å². The van der Waals surface area contributed by atoms with E-state index in [4.69, 9.17) is 9.84 Å². The van der Waals surface area contributed by atoms with Gasteiger partial charge in [0.2, 0.25) is 5.91 Å². The number of hydrogen-bond donors (Lipinski definition) is 2. The molecule has 1 aromatic rings. The van der Waals surface area contributed by atoms with Crippen LogP contribution in [0.3, 0.4) is 0 Å². The summed E-state index contributed by atoms with van der Waals surface area (Å²) in [6, 6.07) is 6.98. The van der Waals surface area contributed by atoms with Gasteiger partial charge in [-0.25, -0.2) is 4.79 Å². The Morgan fingerprint density at radius 2 is 1.76 bits per heavy atom. The fourth-order valence-electron chi connectivity index (χ4n) is 2.07. The molecule has 0 aliphatic rings. The first kappa shape index (κ1) is 17.0. The minimum atomic E-state index is -1.01. The van der Waals surface area contributed by atoms with E-state index in [2.05, 4.69) is 5.32 Å². The van der Waals surface area contributed by atoms with Gasteiger partial charge in [0.1, 0.15) is 5.75 Å². The van der Waals surface area contributed by atoms with E-state index in [-0.39, 0.29) is 24.5 Å². The van der Waals surface area contributed by atoms with Crippen molar-refractivity contribution in [3.63, 3.8) is 0 Å². The SMILES string of the molecule is CCC(CC)C(=O)NC(C)c1ccc(OCC(=O)O)cc1. The van der Waals surface area contributed by atoms with Crippen LogP contribution in [0.4, 0.5) is 0 Å². The molecule has 0 aromatic heterocycles. The first-order valence-electron chi connectivity index (χ1n) is 7.22. The number of carbonyl (C=O) groups is 2. The molecule has 5 heteroatoms. The Bertz CT molecular complexity index is 466. The molecule has 0 spiro atoms. The van der Waals surface area contributed by atoms with Gasteiger partial charge < -0.3 is 15.2 Å². The van der Waals surface area contributed by atoms with Gasteiger partial charge in [-0.15, -0.1) is 0 Å². The summed E-state index contributed by atoms with van der Waals surface area (Å²) in [5, 5.41) is 11.5. The molecule has 1 rings (SSSR count). The number of amides is 1. The average Bonchev–Trinajstić information content (AvgIpc) is 2.46. The second-order valence-corrected chi connectivity index (χ2v) is 5.00. The molecular formula is C16H23NO4. The van der Waals surface area contributed by atoms with Gasteiger partial charge in [0, 0.05) is 5.92 Å². The molecule has 0 radical (unpaired) electrons. The summed E-state index contributed by atoms with van der Waals surface area (Å²) in [5.41, 5.74) is 0.956. The van der Waals surface area contributed by atoms with E-state index in [9.17, 15) is 9.59 Å². The largest absolute Gasteiger partial charge is 0.482 e. The van der Waals surface area contributed by atoms with Crippen LogP contribution in [0, 0.1) is 5.92 Å². The lowest BCUT2D eigenvalue weighted by Crippen LogP contribution is -2.32. The fraction of sp³-hybridized carbons (Fsp3) is 0.500. The number of carboxylic acid groups (broad SMARTS) is 1. The van der Waals surface area contributed by atoms with E-state index in [1.54, 1.807) is 12.1 Å². The van der Waals surface area contributed by atoms with Crippen molar-refractivity contribution >= 4 is 11.9 Å². The first-order valence-corrected chi connectivity index (χ1v) is 7.22. The lowest BCUT2D eigenvalue weighted by Gasteiger charge is -2.18. The quantitative estimate of drug-likeness (QED) is 0.772.